The van der Waals surface area contributed by atoms with E-state index >= 15 is 0 Å². The topological polar surface area (TPSA) is 50.8 Å². The number of nitrogens with zero attached hydrogens (tertiary/aromatic N) is 1. The Balaban J connectivity index is 1.92. The van der Waals surface area contributed by atoms with E-state index in [0.717, 1.165) is 0 Å². The summed E-state index contributed by atoms with van der Waals surface area (Å²) >= 11 is 0. The summed E-state index contributed by atoms with van der Waals surface area (Å²) in [5.74, 6) is 0.573. The average molecular weight is 228 g/mol. The number of carbonyl (C=O) groups is 1. The first-order valence-corrected chi connectivity index (χ1v) is 5.90. The number of hydrogen-bond donors (Lipinski definition) is 1. The lowest BCUT2D eigenvalue weighted by Crippen LogP contribution is -2.47. The minimum atomic E-state index is 0.0267. The fourth-order valence-electron chi connectivity index (χ4n) is 2.23. The first kappa shape index (κ1) is 11.8. The molecule has 0 aliphatic carbocycles. The van der Waals surface area contributed by atoms with E-state index in [2.05, 4.69) is 19.2 Å². The van der Waals surface area contributed by atoms with E-state index in [1.54, 1.807) is 0 Å². The van der Waals surface area contributed by atoms with E-state index in [1.165, 1.54) is 0 Å². The van der Waals surface area contributed by atoms with E-state index in [-0.39, 0.29) is 18.2 Å². The van der Waals surface area contributed by atoms with Crippen molar-refractivity contribution >= 4 is 5.91 Å². The predicted octanol–water partition coefficient (Wildman–Crippen LogP) is -0.184. The van der Waals surface area contributed by atoms with Crippen LogP contribution in [0.2, 0.25) is 0 Å². The van der Waals surface area contributed by atoms with Crippen molar-refractivity contribution in [3.8, 4) is 0 Å². The molecule has 0 saturated carbocycles. The van der Waals surface area contributed by atoms with Gasteiger partial charge in [0.05, 0.1) is 45.2 Å². The lowest BCUT2D eigenvalue weighted by molar-refractivity contribution is -0.136. The van der Waals surface area contributed by atoms with Crippen LogP contribution in [0.3, 0.4) is 0 Å². The maximum Gasteiger partial charge on any atom is 0.237 e. The second-order valence-electron chi connectivity index (χ2n) is 4.68. The van der Waals surface area contributed by atoms with Crippen molar-refractivity contribution in [3.05, 3.63) is 0 Å². The average Bonchev–Trinajstić information content (AvgIpc) is 2.62. The molecule has 2 rings (SSSR count). The van der Waals surface area contributed by atoms with Gasteiger partial charge >= 0.3 is 0 Å². The van der Waals surface area contributed by atoms with E-state index < -0.39 is 0 Å². The van der Waals surface area contributed by atoms with Crippen LogP contribution in [0.1, 0.15) is 13.8 Å². The third-order valence-corrected chi connectivity index (χ3v) is 3.04. The molecule has 0 aromatic carbocycles. The van der Waals surface area contributed by atoms with Gasteiger partial charge in [-0.2, -0.15) is 0 Å². The Hall–Kier alpha value is -0.650. The van der Waals surface area contributed by atoms with Gasteiger partial charge in [-0.3, -0.25) is 10.1 Å². The quantitative estimate of drug-likeness (QED) is 0.728. The minimum Gasteiger partial charge on any atom is -0.376 e. The van der Waals surface area contributed by atoms with Gasteiger partial charge in [0.25, 0.3) is 0 Å². The Morgan fingerprint density at radius 2 is 2.31 bits per heavy atom. The van der Waals surface area contributed by atoms with Crippen LogP contribution in [0.4, 0.5) is 0 Å². The molecule has 2 aliphatic rings. The molecule has 5 nitrogen and oxygen atoms in total. The molecule has 1 N–H and O–H groups in total. The van der Waals surface area contributed by atoms with Gasteiger partial charge in [-0.1, -0.05) is 13.8 Å². The zero-order chi connectivity index (χ0) is 11.5. The first-order valence-electron chi connectivity index (χ1n) is 5.90. The molecule has 2 atom stereocenters. The molecule has 0 spiro atoms. The fourth-order valence-corrected chi connectivity index (χ4v) is 2.23. The number of ether oxygens (including phenoxy) is 2. The summed E-state index contributed by atoms with van der Waals surface area (Å²) in [5, 5.41) is 3.23. The lowest BCUT2D eigenvalue weighted by atomic mass is 10.1. The molecule has 1 amide bonds. The summed E-state index contributed by atoms with van der Waals surface area (Å²) in [7, 11) is 0. The van der Waals surface area contributed by atoms with Crippen molar-refractivity contribution in [2.75, 3.05) is 32.9 Å². The molecule has 92 valence electrons. The summed E-state index contributed by atoms with van der Waals surface area (Å²) in [6.45, 7) is 7.19. The largest absolute Gasteiger partial charge is 0.376 e. The van der Waals surface area contributed by atoms with E-state index in [4.69, 9.17) is 9.47 Å². The van der Waals surface area contributed by atoms with E-state index in [1.807, 2.05) is 4.90 Å². The Labute approximate surface area is 96.1 Å². The molecule has 2 fully saturated rings. The molecule has 5 heteroatoms. The molecule has 0 aromatic heterocycles. The Bertz CT molecular complexity index is 252. The zero-order valence-corrected chi connectivity index (χ0v) is 9.94. The van der Waals surface area contributed by atoms with Crippen LogP contribution in [0, 0.1) is 5.92 Å². The second kappa shape index (κ2) is 5.12. The molecule has 0 bridgehead atoms. The lowest BCUT2D eigenvalue weighted by Gasteiger charge is -2.32. The smallest absolute Gasteiger partial charge is 0.237 e. The van der Waals surface area contributed by atoms with Crippen LogP contribution in [0.5, 0.6) is 0 Å². The van der Waals surface area contributed by atoms with Crippen molar-refractivity contribution in [3.63, 3.8) is 0 Å². The SMILES string of the molecule is CC(C)C1NCC(=O)N1CC1COCCO1. The number of carbonyl (C=O) groups excluding carboxylic acids is 1. The van der Waals surface area contributed by atoms with E-state index in [0.29, 0.717) is 38.8 Å². The molecule has 2 aliphatic heterocycles. The highest BCUT2D eigenvalue weighted by Gasteiger charge is 2.34. The standard InChI is InChI=1S/C11H20N2O3/c1-8(2)11-12-5-10(14)13(11)6-9-7-15-3-4-16-9/h8-9,11-12H,3-7H2,1-2H3. The molecule has 2 unspecified atom stereocenters. The number of hydrogen-bond acceptors (Lipinski definition) is 4. The van der Waals surface area contributed by atoms with Gasteiger partial charge in [-0.25, -0.2) is 0 Å². The molecule has 16 heavy (non-hydrogen) atoms. The van der Waals surface area contributed by atoms with Crippen LogP contribution in [-0.4, -0.2) is 56.0 Å². The Kier molecular flexibility index (Phi) is 3.78. The van der Waals surface area contributed by atoms with Crippen LogP contribution >= 0.6 is 0 Å². The van der Waals surface area contributed by atoms with E-state index in [9.17, 15) is 4.79 Å². The zero-order valence-electron chi connectivity index (χ0n) is 9.94. The van der Waals surface area contributed by atoms with Crippen molar-refractivity contribution in [2.45, 2.75) is 26.1 Å². The monoisotopic (exact) mass is 228 g/mol. The highest BCUT2D eigenvalue weighted by molar-refractivity contribution is 5.80. The normalized spacial score (nSPS) is 31.4. The number of rotatable bonds is 3. The Morgan fingerprint density at radius 3 is 2.94 bits per heavy atom. The van der Waals surface area contributed by atoms with Crippen LogP contribution in [0.15, 0.2) is 0 Å². The molecular weight excluding hydrogens is 208 g/mol. The molecule has 2 saturated heterocycles. The van der Waals surface area contributed by atoms with Gasteiger partial charge in [0, 0.05) is 0 Å². The third kappa shape index (κ3) is 2.53. The van der Waals surface area contributed by atoms with Crippen molar-refractivity contribution in [1.82, 2.24) is 10.2 Å². The van der Waals surface area contributed by atoms with Crippen LogP contribution in [0.25, 0.3) is 0 Å². The number of nitrogens with one attached hydrogen (secondary N) is 1. The van der Waals surface area contributed by atoms with Gasteiger partial charge in [-0.15, -0.1) is 0 Å². The predicted molar refractivity (Wildman–Crippen MR) is 58.9 cm³/mol. The highest BCUT2D eigenvalue weighted by atomic mass is 16.6. The highest BCUT2D eigenvalue weighted by Crippen LogP contribution is 2.15. The fraction of sp³-hybridized carbons (Fsp3) is 0.909. The molecule has 2 heterocycles. The maximum absolute atomic E-state index is 11.7. The van der Waals surface area contributed by atoms with Crippen LogP contribution < -0.4 is 5.32 Å². The van der Waals surface area contributed by atoms with Gasteiger partial charge in [0.15, 0.2) is 0 Å². The summed E-state index contributed by atoms with van der Waals surface area (Å²) in [4.78, 5) is 13.6. The number of amides is 1. The minimum absolute atomic E-state index is 0.0267. The van der Waals surface area contributed by atoms with Crippen molar-refractivity contribution in [1.29, 1.82) is 0 Å². The maximum atomic E-state index is 11.7. The summed E-state index contributed by atoms with van der Waals surface area (Å²) in [5.41, 5.74) is 0. The Morgan fingerprint density at radius 1 is 1.50 bits per heavy atom. The third-order valence-electron chi connectivity index (χ3n) is 3.04. The van der Waals surface area contributed by atoms with Gasteiger partial charge in [0.2, 0.25) is 5.91 Å². The van der Waals surface area contributed by atoms with Crippen LogP contribution in [-0.2, 0) is 14.3 Å². The summed E-state index contributed by atoms with van der Waals surface area (Å²) in [6.07, 6.45) is 0.164. The second-order valence-corrected chi connectivity index (χ2v) is 4.68. The van der Waals surface area contributed by atoms with Gasteiger partial charge < -0.3 is 14.4 Å². The first-order chi connectivity index (χ1) is 7.68. The van der Waals surface area contributed by atoms with Crippen molar-refractivity contribution < 1.29 is 14.3 Å². The molecule has 0 radical (unpaired) electrons. The van der Waals surface area contributed by atoms with Gasteiger partial charge in [-0.05, 0) is 5.92 Å². The summed E-state index contributed by atoms with van der Waals surface area (Å²) < 4.78 is 10.9. The molecular formula is C11H20N2O3. The van der Waals surface area contributed by atoms with Gasteiger partial charge in [0.1, 0.15) is 0 Å². The summed E-state index contributed by atoms with van der Waals surface area (Å²) in [6, 6.07) is 0. The molecule has 0 aromatic rings. The van der Waals surface area contributed by atoms with Crippen molar-refractivity contribution in [2.24, 2.45) is 5.92 Å².